The van der Waals surface area contributed by atoms with Crippen molar-refractivity contribution in [2.45, 2.75) is 44.8 Å². The number of halogens is 5. The van der Waals surface area contributed by atoms with E-state index in [9.17, 15) is 17.6 Å². The summed E-state index contributed by atoms with van der Waals surface area (Å²) in [4.78, 5) is 0. The molecule has 0 aliphatic heterocycles. The second kappa shape index (κ2) is 5.92. The van der Waals surface area contributed by atoms with E-state index in [4.69, 9.17) is 0 Å². The zero-order chi connectivity index (χ0) is 14.9. The molecule has 0 heterocycles. The summed E-state index contributed by atoms with van der Waals surface area (Å²) < 4.78 is 51.9. The molecular weight excluding hydrogens is 338 g/mol. The molecule has 2 unspecified atom stereocenters. The van der Waals surface area contributed by atoms with Crippen molar-refractivity contribution in [1.82, 2.24) is 0 Å². The summed E-state index contributed by atoms with van der Waals surface area (Å²) in [5, 5.41) is 3.12. The highest BCUT2D eigenvalue weighted by Gasteiger charge is 2.42. The van der Waals surface area contributed by atoms with E-state index in [0.29, 0.717) is 28.6 Å². The number of hydrogen-bond donors (Lipinski definition) is 1. The van der Waals surface area contributed by atoms with E-state index in [1.165, 1.54) is 6.07 Å². The van der Waals surface area contributed by atoms with E-state index < -0.39 is 12.1 Å². The van der Waals surface area contributed by atoms with Gasteiger partial charge in [0.1, 0.15) is 5.82 Å². The molecule has 1 aliphatic carbocycles. The number of nitrogens with one attached hydrogen (secondary N) is 1. The van der Waals surface area contributed by atoms with Crippen molar-refractivity contribution in [3.05, 3.63) is 28.0 Å². The summed E-state index contributed by atoms with van der Waals surface area (Å²) in [5.74, 6) is -1.61. The Bertz CT molecular complexity index is 487. The fraction of sp³-hybridized carbons (Fsp3) is 0.571. The normalized spacial score (nSPS) is 23.7. The highest BCUT2D eigenvalue weighted by Crippen LogP contribution is 2.38. The van der Waals surface area contributed by atoms with Crippen molar-refractivity contribution in [1.29, 1.82) is 0 Å². The predicted octanol–water partition coefficient (Wildman–Crippen LogP) is 5.43. The SMILES string of the molecule is Cc1cc(F)c(Br)cc1NC1CCCC(C(F)(F)F)C1. The molecule has 1 fully saturated rings. The van der Waals surface area contributed by atoms with Crippen LogP contribution in [0.4, 0.5) is 23.2 Å². The van der Waals surface area contributed by atoms with Crippen LogP contribution in [-0.4, -0.2) is 12.2 Å². The minimum atomic E-state index is -4.13. The summed E-state index contributed by atoms with van der Waals surface area (Å²) in [6.45, 7) is 1.74. The van der Waals surface area contributed by atoms with Gasteiger partial charge in [-0.25, -0.2) is 4.39 Å². The lowest BCUT2D eigenvalue weighted by Crippen LogP contribution is -2.34. The van der Waals surface area contributed by atoms with Crippen LogP contribution >= 0.6 is 15.9 Å². The second-order valence-electron chi connectivity index (χ2n) is 5.33. The van der Waals surface area contributed by atoms with Crippen LogP contribution < -0.4 is 5.32 Å². The largest absolute Gasteiger partial charge is 0.391 e. The van der Waals surface area contributed by atoms with Crippen molar-refractivity contribution >= 4 is 21.6 Å². The van der Waals surface area contributed by atoms with Gasteiger partial charge in [0.05, 0.1) is 10.4 Å². The van der Waals surface area contributed by atoms with Gasteiger partial charge in [0.15, 0.2) is 0 Å². The highest BCUT2D eigenvalue weighted by atomic mass is 79.9. The standard InChI is InChI=1S/C14H16BrF4N/c1-8-5-12(16)11(15)7-13(8)20-10-4-2-3-9(6-10)14(17,18)19/h5,7,9-10,20H,2-4,6H2,1H3. The Kier molecular flexibility index (Phi) is 4.62. The van der Waals surface area contributed by atoms with Gasteiger partial charge in [-0.2, -0.15) is 13.2 Å². The monoisotopic (exact) mass is 353 g/mol. The van der Waals surface area contributed by atoms with Crippen molar-refractivity contribution in [3.8, 4) is 0 Å². The van der Waals surface area contributed by atoms with Gasteiger partial charge in [0.25, 0.3) is 0 Å². The zero-order valence-electron chi connectivity index (χ0n) is 11.0. The molecule has 1 saturated carbocycles. The fourth-order valence-electron chi connectivity index (χ4n) is 2.64. The summed E-state index contributed by atoms with van der Waals surface area (Å²) in [6, 6.07) is 2.74. The van der Waals surface area contributed by atoms with Crippen molar-refractivity contribution in [3.63, 3.8) is 0 Å². The maximum Gasteiger partial charge on any atom is 0.391 e. The number of anilines is 1. The van der Waals surface area contributed by atoms with Gasteiger partial charge < -0.3 is 5.32 Å². The van der Waals surface area contributed by atoms with Crippen LogP contribution in [0.5, 0.6) is 0 Å². The molecule has 0 bridgehead atoms. The number of rotatable bonds is 2. The smallest absolute Gasteiger partial charge is 0.382 e. The van der Waals surface area contributed by atoms with Gasteiger partial charge in [-0.1, -0.05) is 6.42 Å². The molecule has 1 aromatic rings. The molecule has 2 atom stereocenters. The van der Waals surface area contributed by atoms with Crippen LogP contribution in [0.1, 0.15) is 31.2 Å². The molecule has 0 saturated heterocycles. The van der Waals surface area contributed by atoms with E-state index in [1.807, 2.05) is 0 Å². The summed E-state index contributed by atoms with van der Waals surface area (Å²) >= 11 is 3.09. The van der Waals surface area contributed by atoms with Crippen LogP contribution in [0, 0.1) is 18.7 Å². The molecule has 1 aliphatic rings. The first kappa shape index (κ1) is 15.6. The Morgan fingerprint density at radius 1 is 1.25 bits per heavy atom. The first-order valence-corrected chi connectivity index (χ1v) is 7.35. The van der Waals surface area contributed by atoms with Gasteiger partial charge in [0.2, 0.25) is 0 Å². The average Bonchev–Trinajstić information content (AvgIpc) is 2.35. The molecule has 0 amide bonds. The lowest BCUT2D eigenvalue weighted by molar-refractivity contribution is -0.182. The van der Waals surface area contributed by atoms with E-state index in [-0.39, 0.29) is 24.7 Å². The molecular formula is C14H16BrF4N. The summed E-state index contributed by atoms with van der Waals surface area (Å²) in [6.07, 6.45) is -2.57. The maximum atomic E-state index is 13.3. The van der Waals surface area contributed by atoms with Crippen LogP contribution in [0.25, 0.3) is 0 Å². The molecule has 112 valence electrons. The van der Waals surface area contributed by atoms with E-state index >= 15 is 0 Å². The van der Waals surface area contributed by atoms with Crippen molar-refractivity contribution in [2.24, 2.45) is 5.92 Å². The van der Waals surface area contributed by atoms with Crippen LogP contribution in [0.2, 0.25) is 0 Å². The first-order chi connectivity index (χ1) is 9.27. The highest BCUT2D eigenvalue weighted by molar-refractivity contribution is 9.10. The van der Waals surface area contributed by atoms with Gasteiger partial charge in [-0.15, -0.1) is 0 Å². The number of hydrogen-bond acceptors (Lipinski definition) is 1. The van der Waals surface area contributed by atoms with E-state index in [2.05, 4.69) is 21.2 Å². The first-order valence-electron chi connectivity index (χ1n) is 6.56. The minimum absolute atomic E-state index is 0.0813. The molecule has 1 aromatic carbocycles. The molecule has 2 rings (SSSR count). The summed E-state index contributed by atoms with van der Waals surface area (Å²) in [5.41, 5.74) is 1.38. The van der Waals surface area contributed by atoms with Crippen LogP contribution in [0.3, 0.4) is 0 Å². The van der Waals surface area contributed by atoms with Gasteiger partial charge in [0, 0.05) is 11.7 Å². The third kappa shape index (κ3) is 3.65. The molecule has 6 heteroatoms. The van der Waals surface area contributed by atoms with Crippen molar-refractivity contribution < 1.29 is 17.6 Å². The Balaban J connectivity index is 2.08. The minimum Gasteiger partial charge on any atom is -0.382 e. The lowest BCUT2D eigenvalue weighted by Gasteiger charge is -2.32. The molecule has 1 nitrogen and oxygen atoms in total. The van der Waals surface area contributed by atoms with Gasteiger partial charge in [-0.05, 0) is 59.8 Å². The number of benzene rings is 1. The van der Waals surface area contributed by atoms with Gasteiger partial charge >= 0.3 is 6.18 Å². The molecule has 0 spiro atoms. The number of aryl methyl sites for hydroxylation is 1. The Morgan fingerprint density at radius 2 is 1.95 bits per heavy atom. The van der Waals surface area contributed by atoms with Crippen molar-refractivity contribution in [2.75, 3.05) is 5.32 Å². The number of alkyl halides is 3. The van der Waals surface area contributed by atoms with Crippen LogP contribution in [0.15, 0.2) is 16.6 Å². The van der Waals surface area contributed by atoms with E-state index in [0.717, 1.165) is 0 Å². The van der Waals surface area contributed by atoms with Crippen LogP contribution in [-0.2, 0) is 0 Å². The quantitative estimate of drug-likeness (QED) is 0.699. The fourth-order valence-corrected chi connectivity index (χ4v) is 2.98. The Labute approximate surface area is 123 Å². The van der Waals surface area contributed by atoms with E-state index in [1.54, 1.807) is 13.0 Å². The van der Waals surface area contributed by atoms with Gasteiger partial charge in [-0.3, -0.25) is 0 Å². The Morgan fingerprint density at radius 3 is 2.60 bits per heavy atom. The zero-order valence-corrected chi connectivity index (χ0v) is 12.6. The molecule has 1 N–H and O–H groups in total. The predicted molar refractivity (Wildman–Crippen MR) is 74.3 cm³/mol. The topological polar surface area (TPSA) is 12.0 Å². The molecule has 0 aromatic heterocycles. The third-order valence-corrected chi connectivity index (χ3v) is 4.37. The molecule has 20 heavy (non-hydrogen) atoms. The second-order valence-corrected chi connectivity index (χ2v) is 6.18. The lowest BCUT2D eigenvalue weighted by atomic mass is 9.85. The Hall–Kier alpha value is -0.780. The third-order valence-electron chi connectivity index (χ3n) is 3.76. The summed E-state index contributed by atoms with van der Waals surface area (Å²) in [7, 11) is 0. The average molecular weight is 354 g/mol. The molecule has 0 radical (unpaired) electrons. The maximum absolute atomic E-state index is 13.3.